The number of hydrogen-bond acceptors (Lipinski definition) is 2. The Kier molecular flexibility index (Phi) is 4.15. The second kappa shape index (κ2) is 5.82. The maximum absolute atomic E-state index is 13.5. The standard InChI is InChI=1S/C14H18FNO/c1-2-17-10-4-9-16-14-8-7-11-12(14)5-3-6-13(11)15/h2-3,5-6,14,16H,1,4,7-10H2. The Labute approximate surface area is 101 Å². The molecule has 1 N–H and O–H groups in total. The van der Waals surface area contributed by atoms with Gasteiger partial charge in [-0.1, -0.05) is 18.7 Å². The Balaban J connectivity index is 1.85. The van der Waals surface area contributed by atoms with Gasteiger partial charge < -0.3 is 10.1 Å². The lowest BCUT2D eigenvalue weighted by atomic mass is 10.1. The SMILES string of the molecule is C=COCCCNC1CCc2c(F)cccc21. The molecule has 0 aromatic heterocycles. The highest BCUT2D eigenvalue weighted by molar-refractivity contribution is 5.35. The van der Waals surface area contributed by atoms with Gasteiger partial charge in [0.2, 0.25) is 0 Å². The van der Waals surface area contributed by atoms with Crippen molar-refractivity contribution in [3.05, 3.63) is 48.0 Å². The van der Waals surface area contributed by atoms with E-state index >= 15 is 0 Å². The molecule has 0 saturated carbocycles. The summed E-state index contributed by atoms with van der Waals surface area (Å²) in [4.78, 5) is 0. The van der Waals surface area contributed by atoms with E-state index in [9.17, 15) is 4.39 Å². The topological polar surface area (TPSA) is 21.3 Å². The van der Waals surface area contributed by atoms with E-state index in [2.05, 4.69) is 11.9 Å². The Morgan fingerprint density at radius 1 is 1.53 bits per heavy atom. The first-order chi connectivity index (χ1) is 8.33. The summed E-state index contributed by atoms with van der Waals surface area (Å²) in [6, 6.07) is 5.64. The maximum atomic E-state index is 13.5. The molecular weight excluding hydrogens is 217 g/mol. The Hall–Kier alpha value is -1.35. The molecule has 1 aromatic rings. The van der Waals surface area contributed by atoms with Crippen LogP contribution in [0.4, 0.5) is 4.39 Å². The van der Waals surface area contributed by atoms with Crippen LogP contribution < -0.4 is 5.32 Å². The van der Waals surface area contributed by atoms with Crippen LogP contribution >= 0.6 is 0 Å². The summed E-state index contributed by atoms with van der Waals surface area (Å²) in [5.41, 5.74) is 2.00. The second-order valence-electron chi connectivity index (χ2n) is 4.24. The molecule has 0 amide bonds. The van der Waals surface area contributed by atoms with Crippen LogP contribution in [0.5, 0.6) is 0 Å². The smallest absolute Gasteiger partial charge is 0.126 e. The minimum Gasteiger partial charge on any atom is -0.502 e. The summed E-state index contributed by atoms with van der Waals surface area (Å²) in [5, 5.41) is 3.44. The largest absolute Gasteiger partial charge is 0.502 e. The van der Waals surface area contributed by atoms with E-state index in [-0.39, 0.29) is 5.82 Å². The fraction of sp³-hybridized carbons (Fsp3) is 0.429. The third-order valence-electron chi connectivity index (χ3n) is 3.16. The molecule has 0 fully saturated rings. The van der Waals surface area contributed by atoms with Gasteiger partial charge in [-0.25, -0.2) is 4.39 Å². The molecule has 0 saturated heterocycles. The summed E-state index contributed by atoms with van der Waals surface area (Å²) in [7, 11) is 0. The predicted octanol–water partition coefficient (Wildman–Crippen LogP) is 2.95. The summed E-state index contributed by atoms with van der Waals surface area (Å²) in [6.45, 7) is 5.05. The molecule has 1 aliphatic rings. The molecule has 0 radical (unpaired) electrons. The molecule has 0 aliphatic heterocycles. The molecule has 1 aliphatic carbocycles. The number of fused-ring (bicyclic) bond motifs is 1. The van der Waals surface area contributed by atoms with Crippen molar-refractivity contribution >= 4 is 0 Å². The van der Waals surface area contributed by atoms with Crippen molar-refractivity contribution in [2.75, 3.05) is 13.2 Å². The lowest BCUT2D eigenvalue weighted by Crippen LogP contribution is -2.21. The van der Waals surface area contributed by atoms with Gasteiger partial charge in [0.25, 0.3) is 0 Å². The van der Waals surface area contributed by atoms with Gasteiger partial charge in [-0.15, -0.1) is 0 Å². The van der Waals surface area contributed by atoms with Gasteiger partial charge in [-0.3, -0.25) is 0 Å². The lowest BCUT2D eigenvalue weighted by molar-refractivity contribution is 0.243. The van der Waals surface area contributed by atoms with Crippen LogP contribution in [0.3, 0.4) is 0 Å². The molecule has 3 heteroatoms. The zero-order chi connectivity index (χ0) is 12.1. The Morgan fingerprint density at radius 3 is 3.24 bits per heavy atom. The van der Waals surface area contributed by atoms with Crippen molar-refractivity contribution in [1.29, 1.82) is 0 Å². The highest BCUT2D eigenvalue weighted by Crippen LogP contribution is 2.32. The van der Waals surface area contributed by atoms with E-state index in [1.54, 1.807) is 12.1 Å². The van der Waals surface area contributed by atoms with Crippen LogP contribution in [-0.2, 0) is 11.2 Å². The lowest BCUT2D eigenvalue weighted by Gasteiger charge is -2.13. The van der Waals surface area contributed by atoms with Crippen LogP contribution in [0.25, 0.3) is 0 Å². The van der Waals surface area contributed by atoms with Gasteiger partial charge in [-0.2, -0.15) is 0 Å². The van der Waals surface area contributed by atoms with E-state index < -0.39 is 0 Å². The average molecular weight is 235 g/mol. The summed E-state index contributed by atoms with van der Waals surface area (Å²) in [5.74, 6) is -0.0678. The molecule has 1 unspecified atom stereocenters. The van der Waals surface area contributed by atoms with Gasteiger partial charge in [-0.05, 0) is 43.0 Å². The number of ether oxygens (including phenoxy) is 1. The minimum atomic E-state index is -0.0678. The molecule has 0 heterocycles. The van der Waals surface area contributed by atoms with E-state index in [1.165, 1.54) is 6.26 Å². The first-order valence-electron chi connectivity index (χ1n) is 6.06. The number of benzene rings is 1. The number of hydrogen-bond donors (Lipinski definition) is 1. The van der Waals surface area contributed by atoms with Crippen LogP contribution in [-0.4, -0.2) is 13.2 Å². The molecule has 1 aromatic carbocycles. The van der Waals surface area contributed by atoms with Crippen molar-refractivity contribution in [1.82, 2.24) is 5.32 Å². The summed E-state index contributed by atoms with van der Waals surface area (Å²) < 4.78 is 18.5. The quantitative estimate of drug-likeness (QED) is 0.604. The normalized spacial score (nSPS) is 17.8. The van der Waals surface area contributed by atoms with Gasteiger partial charge in [0, 0.05) is 6.04 Å². The maximum Gasteiger partial charge on any atom is 0.126 e. The van der Waals surface area contributed by atoms with Gasteiger partial charge in [0.1, 0.15) is 5.82 Å². The first-order valence-corrected chi connectivity index (χ1v) is 6.06. The number of rotatable bonds is 6. The molecule has 17 heavy (non-hydrogen) atoms. The van der Waals surface area contributed by atoms with Gasteiger partial charge in [0.05, 0.1) is 12.9 Å². The van der Waals surface area contributed by atoms with E-state index in [4.69, 9.17) is 4.74 Å². The van der Waals surface area contributed by atoms with Crippen molar-refractivity contribution < 1.29 is 9.13 Å². The van der Waals surface area contributed by atoms with Crippen LogP contribution in [0.2, 0.25) is 0 Å². The molecule has 2 nitrogen and oxygen atoms in total. The van der Waals surface area contributed by atoms with E-state index in [0.717, 1.165) is 36.9 Å². The fourth-order valence-electron chi connectivity index (χ4n) is 2.34. The Morgan fingerprint density at radius 2 is 2.41 bits per heavy atom. The molecule has 2 rings (SSSR count). The van der Waals surface area contributed by atoms with Crippen molar-refractivity contribution in [3.63, 3.8) is 0 Å². The number of nitrogens with one attached hydrogen (secondary N) is 1. The van der Waals surface area contributed by atoms with E-state index in [0.29, 0.717) is 12.6 Å². The average Bonchev–Trinajstić information content (AvgIpc) is 2.74. The molecule has 0 bridgehead atoms. The third-order valence-corrected chi connectivity index (χ3v) is 3.16. The summed E-state index contributed by atoms with van der Waals surface area (Å²) in [6.07, 6.45) is 4.22. The Bertz CT molecular complexity index is 392. The fourth-order valence-corrected chi connectivity index (χ4v) is 2.34. The molecule has 92 valence electrons. The molecule has 0 spiro atoms. The summed E-state index contributed by atoms with van der Waals surface area (Å²) >= 11 is 0. The minimum absolute atomic E-state index is 0.0678. The van der Waals surface area contributed by atoms with E-state index in [1.807, 2.05) is 6.07 Å². The number of halogens is 1. The highest BCUT2D eigenvalue weighted by atomic mass is 19.1. The zero-order valence-corrected chi connectivity index (χ0v) is 9.92. The van der Waals surface area contributed by atoms with Crippen molar-refractivity contribution in [3.8, 4) is 0 Å². The van der Waals surface area contributed by atoms with Crippen LogP contribution in [0.1, 0.15) is 30.0 Å². The highest BCUT2D eigenvalue weighted by Gasteiger charge is 2.23. The van der Waals surface area contributed by atoms with Crippen LogP contribution in [0.15, 0.2) is 31.0 Å². The monoisotopic (exact) mass is 235 g/mol. The van der Waals surface area contributed by atoms with Gasteiger partial charge in [0.15, 0.2) is 0 Å². The molecular formula is C14H18FNO. The van der Waals surface area contributed by atoms with Crippen molar-refractivity contribution in [2.24, 2.45) is 0 Å². The second-order valence-corrected chi connectivity index (χ2v) is 4.24. The van der Waals surface area contributed by atoms with Crippen LogP contribution in [0, 0.1) is 5.82 Å². The van der Waals surface area contributed by atoms with Crippen molar-refractivity contribution in [2.45, 2.75) is 25.3 Å². The van der Waals surface area contributed by atoms with Gasteiger partial charge >= 0.3 is 0 Å². The predicted molar refractivity (Wildman–Crippen MR) is 66.2 cm³/mol. The third kappa shape index (κ3) is 2.86. The zero-order valence-electron chi connectivity index (χ0n) is 9.92. The first kappa shape index (κ1) is 12.1. The molecule has 1 atom stereocenters.